The van der Waals surface area contributed by atoms with E-state index in [4.69, 9.17) is 12.2 Å². The van der Waals surface area contributed by atoms with E-state index in [1.165, 1.54) is 17.7 Å². The molecule has 0 unspecified atom stereocenters. The van der Waals surface area contributed by atoms with Crippen LogP contribution >= 0.6 is 12.2 Å². The van der Waals surface area contributed by atoms with E-state index in [1.54, 1.807) is 0 Å². The molecule has 1 rings (SSSR count). The largest absolute Gasteiger partial charge is 0.0893 e. The summed E-state index contributed by atoms with van der Waals surface area (Å²) in [5.41, 5.74) is 0. The quantitative estimate of drug-likeness (QED) is 0.392. The molecular weight excluding hydrogens is 152 g/mol. The highest BCUT2D eigenvalue weighted by Gasteiger charge is 1.92. The first-order valence-corrected chi connectivity index (χ1v) is 4.62. The van der Waals surface area contributed by atoms with Crippen LogP contribution in [-0.2, 0) is 0 Å². The predicted octanol–water partition coefficient (Wildman–Crippen LogP) is 3.43. The van der Waals surface area contributed by atoms with Gasteiger partial charge in [-0.1, -0.05) is 36.5 Å². The Morgan fingerprint density at radius 1 is 0.909 bits per heavy atom. The molecule has 0 aromatic carbocycles. The lowest BCUT2D eigenvalue weighted by atomic mass is 10.1. The fraction of sp³-hybridized carbons (Fsp3) is 0.500. The van der Waals surface area contributed by atoms with Crippen molar-refractivity contribution in [2.45, 2.75) is 32.1 Å². The van der Waals surface area contributed by atoms with Crippen molar-refractivity contribution in [1.82, 2.24) is 0 Å². The monoisotopic (exact) mass is 166 g/mol. The molecule has 0 spiro atoms. The van der Waals surface area contributed by atoms with E-state index < -0.39 is 0 Å². The zero-order chi connectivity index (χ0) is 7.94. The summed E-state index contributed by atoms with van der Waals surface area (Å²) in [7, 11) is 0. The Hall–Kier alpha value is -0.430. The first-order chi connectivity index (χ1) is 5.39. The highest BCUT2D eigenvalue weighted by molar-refractivity contribution is 7.80. The van der Waals surface area contributed by atoms with Gasteiger partial charge in [-0.05, 0) is 37.0 Å². The Labute approximate surface area is 74.0 Å². The van der Waals surface area contributed by atoms with Gasteiger partial charge in [0, 0.05) is 0 Å². The Morgan fingerprint density at radius 3 is 2.36 bits per heavy atom. The van der Waals surface area contributed by atoms with Crippen molar-refractivity contribution in [3.63, 3.8) is 0 Å². The van der Waals surface area contributed by atoms with Crippen molar-refractivity contribution in [1.29, 1.82) is 0 Å². The van der Waals surface area contributed by atoms with E-state index in [0.717, 1.165) is 19.3 Å². The Balaban J connectivity index is 2.40. The van der Waals surface area contributed by atoms with Gasteiger partial charge in [-0.3, -0.25) is 0 Å². The van der Waals surface area contributed by atoms with Crippen LogP contribution in [0.2, 0.25) is 0 Å². The first-order valence-electron chi connectivity index (χ1n) is 4.21. The fourth-order valence-corrected chi connectivity index (χ4v) is 1.32. The maximum atomic E-state index is 5.17. The van der Waals surface area contributed by atoms with Gasteiger partial charge < -0.3 is 0 Å². The lowest BCUT2D eigenvalue weighted by Crippen LogP contribution is -1.91. The van der Waals surface area contributed by atoms with Gasteiger partial charge in [0.25, 0.3) is 0 Å². The van der Waals surface area contributed by atoms with Gasteiger partial charge in [0.15, 0.2) is 0 Å². The first kappa shape index (κ1) is 8.66. The fourth-order valence-electron chi connectivity index (χ4n) is 1.11. The summed E-state index contributed by atoms with van der Waals surface area (Å²) in [6.07, 6.45) is 14.5. The van der Waals surface area contributed by atoms with Gasteiger partial charge in [-0.2, -0.15) is 0 Å². The van der Waals surface area contributed by atoms with Gasteiger partial charge in [-0.15, -0.1) is 0 Å². The number of hydrogen-bond acceptors (Lipinski definition) is 1. The molecular formula is C10H14S. The van der Waals surface area contributed by atoms with E-state index in [-0.39, 0.29) is 0 Å². The summed E-state index contributed by atoms with van der Waals surface area (Å²) in [6, 6.07) is 0. The van der Waals surface area contributed by atoms with Crippen molar-refractivity contribution in [3.8, 4) is 0 Å². The lowest BCUT2D eigenvalue weighted by Gasteiger charge is -1.98. The second-order valence-electron chi connectivity index (χ2n) is 2.80. The van der Waals surface area contributed by atoms with Gasteiger partial charge in [0.2, 0.25) is 0 Å². The summed E-state index contributed by atoms with van der Waals surface area (Å²) in [5.74, 6) is 0. The van der Waals surface area contributed by atoms with Crippen molar-refractivity contribution in [3.05, 3.63) is 24.3 Å². The van der Waals surface area contributed by atoms with E-state index in [2.05, 4.69) is 24.3 Å². The molecule has 0 nitrogen and oxygen atoms in total. The van der Waals surface area contributed by atoms with Crippen LogP contribution in [0, 0.1) is 0 Å². The summed E-state index contributed by atoms with van der Waals surface area (Å²) in [5, 5.41) is 0. The molecule has 1 aliphatic carbocycles. The molecule has 0 bridgehead atoms. The van der Waals surface area contributed by atoms with Crippen molar-refractivity contribution < 1.29 is 0 Å². The molecule has 0 radical (unpaired) electrons. The molecule has 0 atom stereocenters. The number of hydrogen-bond donors (Lipinski definition) is 0. The molecule has 11 heavy (non-hydrogen) atoms. The van der Waals surface area contributed by atoms with Crippen LogP contribution in [0.3, 0.4) is 0 Å². The molecule has 0 N–H and O–H groups in total. The third-order valence-corrected chi connectivity index (χ3v) is 2.14. The number of rotatable bonds is 0. The highest BCUT2D eigenvalue weighted by atomic mass is 32.1. The molecule has 1 aliphatic rings. The van der Waals surface area contributed by atoms with Crippen LogP contribution < -0.4 is 0 Å². The average molecular weight is 166 g/mol. The molecule has 0 aromatic rings. The zero-order valence-corrected chi connectivity index (χ0v) is 7.57. The third kappa shape index (κ3) is 4.10. The molecule has 0 heterocycles. The van der Waals surface area contributed by atoms with Crippen LogP contribution in [0.15, 0.2) is 24.3 Å². The molecule has 0 aromatic heterocycles. The minimum atomic E-state index is 1.00. The number of thiocarbonyl (C=S) groups is 1. The average Bonchev–Trinajstić information content (AvgIpc) is 2.03. The molecule has 0 saturated heterocycles. The normalized spacial score (nSPS) is 26.0. The van der Waals surface area contributed by atoms with Crippen molar-refractivity contribution >= 4 is 17.1 Å². The second kappa shape index (κ2) is 5.25. The van der Waals surface area contributed by atoms with E-state index in [0.29, 0.717) is 0 Å². The number of allylic oxidation sites excluding steroid dienone is 4. The highest BCUT2D eigenvalue weighted by Crippen LogP contribution is 2.05. The molecule has 0 amide bonds. The van der Waals surface area contributed by atoms with Crippen LogP contribution in [0.1, 0.15) is 32.1 Å². The minimum Gasteiger partial charge on any atom is -0.0893 e. The van der Waals surface area contributed by atoms with Crippen LogP contribution in [-0.4, -0.2) is 4.86 Å². The summed E-state index contributed by atoms with van der Waals surface area (Å²) in [4.78, 5) is 1.19. The van der Waals surface area contributed by atoms with Crippen molar-refractivity contribution in [2.24, 2.45) is 0 Å². The maximum Gasteiger partial charge on any atom is -0.00308 e. The summed E-state index contributed by atoms with van der Waals surface area (Å²) in [6.45, 7) is 0. The second-order valence-corrected chi connectivity index (χ2v) is 3.38. The Bertz CT molecular complexity index is 177. The van der Waals surface area contributed by atoms with Gasteiger partial charge in [0.1, 0.15) is 0 Å². The van der Waals surface area contributed by atoms with E-state index >= 15 is 0 Å². The van der Waals surface area contributed by atoms with Crippen LogP contribution in [0.4, 0.5) is 0 Å². The third-order valence-electron chi connectivity index (χ3n) is 1.77. The van der Waals surface area contributed by atoms with E-state index in [1.807, 2.05) is 0 Å². The molecule has 60 valence electrons. The standard InChI is InChI=1S/C10H14S/c11-10-8-6-4-2-1-3-5-7-9-10/h2,4-5,7H,1,3,6,8-9H2/b4-2+,7-5+. The zero-order valence-electron chi connectivity index (χ0n) is 6.75. The summed E-state index contributed by atoms with van der Waals surface area (Å²) < 4.78 is 0. The van der Waals surface area contributed by atoms with Crippen LogP contribution in [0.5, 0.6) is 0 Å². The van der Waals surface area contributed by atoms with Gasteiger partial charge in [0.05, 0.1) is 0 Å². The van der Waals surface area contributed by atoms with Gasteiger partial charge >= 0.3 is 0 Å². The molecule has 0 fully saturated rings. The SMILES string of the molecule is S=C1C/C=C/CC/C=C/CC1. The maximum absolute atomic E-state index is 5.17. The molecule has 0 aliphatic heterocycles. The Kier molecular flexibility index (Phi) is 4.14. The lowest BCUT2D eigenvalue weighted by molar-refractivity contribution is 1.00. The van der Waals surface area contributed by atoms with Crippen molar-refractivity contribution in [2.75, 3.05) is 0 Å². The van der Waals surface area contributed by atoms with Crippen LogP contribution in [0.25, 0.3) is 0 Å². The topological polar surface area (TPSA) is 0 Å². The minimum absolute atomic E-state index is 1.00. The summed E-state index contributed by atoms with van der Waals surface area (Å²) >= 11 is 5.17. The predicted molar refractivity (Wildman–Crippen MR) is 54.0 cm³/mol. The molecule has 0 saturated carbocycles. The molecule has 1 heteroatoms. The van der Waals surface area contributed by atoms with E-state index in [9.17, 15) is 0 Å². The Morgan fingerprint density at radius 2 is 1.55 bits per heavy atom. The smallest absolute Gasteiger partial charge is 0.00308 e. The van der Waals surface area contributed by atoms with Gasteiger partial charge in [-0.25, -0.2) is 0 Å².